The third kappa shape index (κ3) is 5.67. The van der Waals surface area contributed by atoms with Gasteiger partial charge < -0.3 is 10.6 Å². The van der Waals surface area contributed by atoms with Crippen molar-refractivity contribution in [2.24, 2.45) is 0 Å². The molecule has 4 nitrogen and oxygen atoms in total. The van der Waals surface area contributed by atoms with Gasteiger partial charge in [-0.3, -0.25) is 0 Å². The molecule has 0 bridgehead atoms. The Bertz CT molecular complexity index is 518. The molecule has 2 N–H and O–H groups in total. The van der Waals surface area contributed by atoms with Gasteiger partial charge in [-0.15, -0.1) is 0 Å². The van der Waals surface area contributed by atoms with Gasteiger partial charge in [-0.05, 0) is 37.1 Å². The number of hydrogen-bond donors (Lipinski definition) is 2. The molecule has 1 fully saturated rings. The minimum absolute atomic E-state index is 0.365. The lowest BCUT2D eigenvalue weighted by Crippen LogP contribution is -2.32. The zero-order valence-corrected chi connectivity index (χ0v) is 13.6. The van der Waals surface area contributed by atoms with E-state index in [2.05, 4.69) is 10.6 Å². The van der Waals surface area contributed by atoms with E-state index in [0.29, 0.717) is 10.9 Å². The van der Waals surface area contributed by atoms with Gasteiger partial charge in [-0.25, -0.2) is 8.42 Å². The van der Waals surface area contributed by atoms with Gasteiger partial charge in [0.2, 0.25) is 0 Å². The maximum atomic E-state index is 11.4. The molecular formula is C16H26N2O2S. The number of hydrogen-bond acceptors (Lipinski definition) is 4. The van der Waals surface area contributed by atoms with Crippen molar-refractivity contribution in [1.82, 2.24) is 5.32 Å². The average Bonchev–Trinajstić information content (AvgIpc) is 2.72. The summed E-state index contributed by atoms with van der Waals surface area (Å²) in [6.45, 7) is 1.80. The number of benzene rings is 1. The van der Waals surface area contributed by atoms with E-state index in [1.54, 1.807) is 12.1 Å². The van der Waals surface area contributed by atoms with Gasteiger partial charge in [0.15, 0.2) is 9.84 Å². The Morgan fingerprint density at radius 1 is 1.00 bits per heavy atom. The van der Waals surface area contributed by atoms with Crippen molar-refractivity contribution in [3.63, 3.8) is 0 Å². The van der Waals surface area contributed by atoms with Crippen LogP contribution in [0.15, 0.2) is 29.2 Å². The SMILES string of the molecule is CS(=O)(=O)c1ccc(NCCNC2CCCCCC2)cc1. The highest BCUT2D eigenvalue weighted by Crippen LogP contribution is 2.17. The predicted octanol–water partition coefficient (Wildman–Crippen LogP) is 2.81. The first-order valence-electron chi connectivity index (χ1n) is 7.83. The molecule has 0 amide bonds. The number of sulfone groups is 1. The Hall–Kier alpha value is -1.07. The molecule has 0 spiro atoms. The van der Waals surface area contributed by atoms with Crippen LogP contribution in [-0.2, 0) is 9.84 Å². The molecule has 2 rings (SSSR count). The lowest BCUT2D eigenvalue weighted by atomic mass is 10.1. The minimum atomic E-state index is -3.10. The topological polar surface area (TPSA) is 58.2 Å². The van der Waals surface area contributed by atoms with E-state index in [9.17, 15) is 8.42 Å². The first-order valence-corrected chi connectivity index (χ1v) is 9.72. The summed E-state index contributed by atoms with van der Waals surface area (Å²) in [7, 11) is -3.10. The standard InChI is InChI=1S/C16H26N2O2S/c1-21(19,20)16-10-8-15(9-11-16)18-13-12-17-14-6-4-2-3-5-7-14/h8-11,14,17-18H,2-7,12-13H2,1H3. The van der Waals surface area contributed by atoms with Crippen molar-refractivity contribution in [2.45, 2.75) is 49.5 Å². The summed E-state index contributed by atoms with van der Waals surface area (Å²) in [6.07, 6.45) is 9.26. The van der Waals surface area contributed by atoms with Crippen molar-refractivity contribution < 1.29 is 8.42 Å². The summed E-state index contributed by atoms with van der Waals surface area (Å²) in [5, 5.41) is 6.93. The van der Waals surface area contributed by atoms with Crippen molar-refractivity contribution >= 4 is 15.5 Å². The van der Waals surface area contributed by atoms with Gasteiger partial charge >= 0.3 is 0 Å². The molecule has 0 unspecified atom stereocenters. The lowest BCUT2D eigenvalue weighted by Gasteiger charge is -2.16. The molecule has 1 aromatic rings. The van der Waals surface area contributed by atoms with Gasteiger partial charge in [0.05, 0.1) is 4.90 Å². The number of nitrogens with one attached hydrogen (secondary N) is 2. The third-order valence-corrected chi connectivity index (χ3v) is 5.15. The molecule has 1 aliphatic rings. The smallest absolute Gasteiger partial charge is 0.175 e. The van der Waals surface area contributed by atoms with Gasteiger partial charge in [0.1, 0.15) is 0 Å². The van der Waals surface area contributed by atoms with Crippen LogP contribution < -0.4 is 10.6 Å². The fraction of sp³-hybridized carbons (Fsp3) is 0.625. The highest BCUT2D eigenvalue weighted by Gasteiger charge is 2.10. The van der Waals surface area contributed by atoms with Crippen LogP contribution >= 0.6 is 0 Å². The average molecular weight is 310 g/mol. The quantitative estimate of drug-likeness (QED) is 0.626. The Morgan fingerprint density at radius 3 is 2.19 bits per heavy atom. The maximum absolute atomic E-state index is 11.4. The van der Waals surface area contributed by atoms with Crippen LogP contribution in [0.3, 0.4) is 0 Å². The van der Waals surface area contributed by atoms with Crippen LogP contribution in [0.2, 0.25) is 0 Å². The molecule has 1 saturated carbocycles. The third-order valence-electron chi connectivity index (χ3n) is 4.02. The number of anilines is 1. The van der Waals surface area contributed by atoms with E-state index in [0.717, 1.165) is 18.8 Å². The summed E-state index contributed by atoms with van der Waals surface area (Å²) >= 11 is 0. The monoisotopic (exact) mass is 310 g/mol. The Balaban J connectivity index is 1.71. The molecule has 1 aliphatic carbocycles. The van der Waals surface area contributed by atoms with Crippen LogP contribution in [0.4, 0.5) is 5.69 Å². The highest BCUT2D eigenvalue weighted by molar-refractivity contribution is 7.90. The van der Waals surface area contributed by atoms with Gasteiger partial charge in [0, 0.05) is 31.1 Å². The largest absolute Gasteiger partial charge is 0.384 e. The molecular weight excluding hydrogens is 284 g/mol. The molecule has 0 aromatic heterocycles. The fourth-order valence-corrected chi connectivity index (χ4v) is 3.42. The van der Waals surface area contributed by atoms with Gasteiger partial charge in [0.25, 0.3) is 0 Å². The van der Waals surface area contributed by atoms with Crippen molar-refractivity contribution in [3.8, 4) is 0 Å². The summed E-state index contributed by atoms with van der Waals surface area (Å²) < 4.78 is 22.8. The Labute approximate surface area is 128 Å². The van der Waals surface area contributed by atoms with Crippen LogP contribution in [-0.4, -0.2) is 33.8 Å². The molecule has 5 heteroatoms. The van der Waals surface area contributed by atoms with E-state index in [1.807, 2.05) is 12.1 Å². The summed E-state index contributed by atoms with van der Waals surface area (Å²) in [6, 6.07) is 7.61. The van der Waals surface area contributed by atoms with Crippen LogP contribution in [0.1, 0.15) is 38.5 Å². The van der Waals surface area contributed by atoms with Crippen molar-refractivity contribution in [1.29, 1.82) is 0 Å². The van der Waals surface area contributed by atoms with Crippen LogP contribution in [0.5, 0.6) is 0 Å². The second kappa shape index (κ2) is 7.80. The van der Waals surface area contributed by atoms with E-state index >= 15 is 0 Å². The van der Waals surface area contributed by atoms with E-state index in [-0.39, 0.29) is 0 Å². The molecule has 0 heterocycles. The second-order valence-electron chi connectivity index (χ2n) is 5.87. The Kier molecular flexibility index (Phi) is 6.06. The van der Waals surface area contributed by atoms with E-state index in [4.69, 9.17) is 0 Å². The first kappa shape index (κ1) is 16.3. The Morgan fingerprint density at radius 2 is 1.62 bits per heavy atom. The lowest BCUT2D eigenvalue weighted by molar-refractivity contribution is 0.468. The molecule has 0 aliphatic heterocycles. The first-order chi connectivity index (χ1) is 10.1. The van der Waals surface area contributed by atoms with E-state index in [1.165, 1.54) is 44.8 Å². The number of rotatable bonds is 6. The van der Waals surface area contributed by atoms with Crippen molar-refractivity contribution in [3.05, 3.63) is 24.3 Å². The highest BCUT2D eigenvalue weighted by atomic mass is 32.2. The van der Waals surface area contributed by atoms with Crippen LogP contribution in [0.25, 0.3) is 0 Å². The van der Waals surface area contributed by atoms with Gasteiger partial charge in [-0.2, -0.15) is 0 Å². The van der Waals surface area contributed by atoms with E-state index < -0.39 is 9.84 Å². The normalized spacial score (nSPS) is 17.4. The molecule has 0 atom stereocenters. The molecule has 0 radical (unpaired) electrons. The fourth-order valence-electron chi connectivity index (χ4n) is 2.79. The molecule has 1 aromatic carbocycles. The minimum Gasteiger partial charge on any atom is -0.384 e. The molecule has 21 heavy (non-hydrogen) atoms. The summed E-state index contributed by atoms with van der Waals surface area (Å²) in [5.74, 6) is 0. The van der Waals surface area contributed by atoms with Crippen molar-refractivity contribution in [2.75, 3.05) is 24.7 Å². The zero-order valence-electron chi connectivity index (χ0n) is 12.8. The maximum Gasteiger partial charge on any atom is 0.175 e. The second-order valence-corrected chi connectivity index (χ2v) is 7.88. The molecule has 0 saturated heterocycles. The zero-order chi connectivity index (χ0) is 15.1. The molecule has 118 valence electrons. The summed E-state index contributed by atoms with van der Waals surface area (Å²) in [4.78, 5) is 0.365. The summed E-state index contributed by atoms with van der Waals surface area (Å²) in [5.41, 5.74) is 0.963. The van der Waals surface area contributed by atoms with Crippen LogP contribution in [0, 0.1) is 0 Å². The van der Waals surface area contributed by atoms with Gasteiger partial charge in [-0.1, -0.05) is 25.7 Å². The predicted molar refractivity (Wildman–Crippen MR) is 87.5 cm³/mol.